The van der Waals surface area contributed by atoms with Gasteiger partial charge in [0.15, 0.2) is 0 Å². The standard InChI is InChI=1S/C24H25ClN6O/c1-14-5-6-19(25)20-17(15(2)29-21(14)20)9-12-27-23(32)18-13-28-24(31(3)4)30-22(18)16-7-10-26-11-8-16/h5-8,10-11,13,29H,9,12H2,1-4H3,(H,27,32). The zero-order valence-electron chi connectivity index (χ0n) is 18.5. The lowest BCUT2D eigenvalue weighted by atomic mass is 10.1. The van der Waals surface area contributed by atoms with Crippen molar-refractivity contribution in [1.82, 2.24) is 25.3 Å². The number of fused-ring (bicyclic) bond motifs is 1. The van der Waals surface area contributed by atoms with Gasteiger partial charge in [0.05, 0.1) is 21.8 Å². The molecular formula is C24H25ClN6O. The van der Waals surface area contributed by atoms with Crippen LogP contribution in [0.4, 0.5) is 5.95 Å². The maximum atomic E-state index is 13.1. The second-order valence-corrected chi connectivity index (χ2v) is 8.32. The summed E-state index contributed by atoms with van der Waals surface area (Å²) in [4.78, 5) is 31.3. The van der Waals surface area contributed by atoms with Crippen molar-refractivity contribution in [3.63, 3.8) is 0 Å². The van der Waals surface area contributed by atoms with E-state index in [1.165, 1.54) is 0 Å². The number of nitrogens with one attached hydrogen (secondary N) is 2. The zero-order valence-corrected chi connectivity index (χ0v) is 19.3. The number of carbonyl (C=O) groups excluding carboxylic acids is 1. The molecule has 0 saturated carbocycles. The number of aryl methyl sites for hydroxylation is 2. The Balaban J connectivity index is 1.58. The molecule has 0 bridgehead atoms. The Labute approximate surface area is 191 Å². The molecule has 0 radical (unpaired) electrons. The minimum absolute atomic E-state index is 0.220. The fourth-order valence-electron chi connectivity index (χ4n) is 3.78. The maximum Gasteiger partial charge on any atom is 0.255 e. The van der Waals surface area contributed by atoms with Crippen molar-refractivity contribution in [1.29, 1.82) is 0 Å². The summed E-state index contributed by atoms with van der Waals surface area (Å²) in [6.07, 6.45) is 5.59. The third kappa shape index (κ3) is 4.16. The molecule has 1 amide bonds. The molecule has 0 aliphatic heterocycles. The number of carbonyl (C=O) groups is 1. The molecule has 0 fully saturated rings. The summed E-state index contributed by atoms with van der Waals surface area (Å²) in [5, 5.41) is 4.75. The highest BCUT2D eigenvalue weighted by Crippen LogP contribution is 2.31. The first kappa shape index (κ1) is 21.8. The van der Waals surface area contributed by atoms with E-state index >= 15 is 0 Å². The van der Waals surface area contributed by atoms with Crippen LogP contribution >= 0.6 is 11.6 Å². The van der Waals surface area contributed by atoms with Gasteiger partial charge in [0.2, 0.25) is 5.95 Å². The Kier molecular flexibility index (Phi) is 6.10. The zero-order chi connectivity index (χ0) is 22.8. The van der Waals surface area contributed by atoms with Crippen molar-refractivity contribution in [3.8, 4) is 11.3 Å². The third-order valence-electron chi connectivity index (χ3n) is 5.46. The van der Waals surface area contributed by atoms with E-state index in [0.717, 1.165) is 33.3 Å². The highest BCUT2D eigenvalue weighted by Gasteiger charge is 2.18. The van der Waals surface area contributed by atoms with E-state index in [9.17, 15) is 4.79 Å². The number of H-pyrrole nitrogens is 1. The van der Waals surface area contributed by atoms with E-state index in [-0.39, 0.29) is 5.91 Å². The van der Waals surface area contributed by atoms with E-state index in [0.29, 0.717) is 35.2 Å². The predicted molar refractivity (Wildman–Crippen MR) is 128 cm³/mol. The number of pyridine rings is 1. The van der Waals surface area contributed by atoms with Gasteiger partial charge in [0.1, 0.15) is 0 Å². The molecule has 7 nitrogen and oxygen atoms in total. The van der Waals surface area contributed by atoms with Gasteiger partial charge < -0.3 is 15.2 Å². The minimum Gasteiger partial charge on any atom is -0.358 e. The molecule has 0 aliphatic rings. The van der Waals surface area contributed by atoms with Crippen LogP contribution in [0.15, 0.2) is 42.9 Å². The molecule has 8 heteroatoms. The molecular weight excluding hydrogens is 424 g/mol. The third-order valence-corrected chi connectivity index (χ3v) is 5.78. The Morgan fingerprint density at radius 3 is 2.62 bits per heavy atom. The molecule has 3 heterocycles. The highest BCUT2D eigenvalue weighted by molar-refractivity contribution is 6.35. The number of halogens is 1. The van der Waals surface area contributed by atoms with Crippen molar-refractivity contribution < 1.29 is 4.79 Å². The summed E-state index contributed by atoms with van der Waals surface area (Å²) >= 11 is 6.48. The summed E-state index contributed by atoms with van der Waals surface area (Å²) < 4.78 is 0. The van der Waals surface area contributed by atoms with E-state index < -0.39 is 0 Å². The van der Waals surface area contributed by atoms with Gasteiger partial charge in [-0.15, -0.1) is 0 Å². The van der Waals surface area contributed by atoms with Crippen LogP contribution < -0.4 is 10.2 Å². The van der Waals surface area contributed by atoms with Crippen LogP contribution in [0.5, 0.6) is 0 Å². The van der Waals surface area contributed by atoms with E-state index in [1.54, 1.807) is 23.5 Å². The molecule has 4 rings (SSSR count). The maximum absolute atomic E-state index is 13.1. The first-order valence-corrected chi connectivity index (χ1v) is 10.7. The number of aromatic amines is 1. The van der Waals surface area contributed by atoms with Gasteiger partial charge in [-0.25, -0.2) is 9.97 Å². The van der Waals surface area contributed by atoms with Crippen LogP contribution in [0.25, 0.3) is 22.2 Å². The average Bonchev–Trinajstić information content (AvgIpc) is 3.13. The molecule has 2 N–H and O–H groups in total. The second-order valence-electron chi connectivity index (χ2n) is 7.91. The largest absolute Gasteiger partial charge is 0.358 e. The van der Waals surface area contributed by atoms with Gasteiger partial charge in [-0.05, 0) is 49.6 Å². The molecule has 32 heavy (non-hydrogen) atoms. The normalized spacial score (nSPS) is 11.0. The number of rotatable bonds is 6. The van der Waals surface area contributed by atoms with Gasteiger partial charge in [0.25, 0.3) is 5.91 Å². The lowest BCUT2D eigenvalue weighted by Crippen LogP contribution is -2.27. The lowest BCUT2D eigenvalue weighted by molar-refractivity contribution is 0.0954. The number of amides is 1. The van der Waals surface area contributed by atoms with Crippen molar-refractivity contribution in [2.24, 2.45) is 0 Å². The fraction of sp³-hybridized carbons (Fsp3) is 0.250. The molecule has 3 aromatic heterocycles. The van der Waals surface area contributed by atoms with Crippen molar-refractivity contribution >= 4 is 34.4 Å². The second kappa shape index (κ2) is 8.96. The molecule has 1 aromatic carbocycles. The molecule has 4 aromatic rings. The molecule has 0 spiro atoms. The van der Waals surface area contributed by atoms with Crippen LogP contribution in [0.2, 0.25) is 5.02 Å². The predicted octanol–water partition coefficient (Wildman–Crippen LogP) is 4.33. The van der Waals surface area contributed by atoms with E-state index in [1.807, 2.05) is 45.3 Å². The van der Waals surface area contributed by atoms with Crippen LogP contribution in [0.1, 0.15) is 27.2 Å². The Morgan fingerprint density at radius 1 is 1.16 bits per heavy atom. The number of hydrogen-bond donors (Lipinski definition) is 2. The molecule has 0 unspecified atom stereocenters. The topological polar surface area (TPSA) is 86.8 Å². The number of aromatic nitrogens is 4. The highest BCUT2D eigenvalue weighted by atomic mass is 35.5. The number of hydrogen-bond acceptors (Lipinski definition) is 5. The van der Waals surface area contributed by atoms with Crippen LogP contribution in [0.3, 0.4) is 0 Å². The summed E-state index contributed by atoms with van der Waals surface area (Å²) in [5.41, 5.74) is 6.17. The van der Waals surface area contributed by atoms with Crippen LogP contribution in [0, 0.1) is 13.8 Å². The van der Waals surface area contributed by atoms with E-state index in [2.05, 4.69) is 32.2 Å². The quantitative estimate of drug-likeness (QED) is 0.458. The monoisotopic (exact) mass is 448 g/mol. The summed E-state index contributed by atoms with van der Waals surface area (Å²) in [6, 6.07) is 7.58. The molecule has 0 atom stereocenters. The average molecular weight is 449 g/mol. The van der Waals surface area contributed by atoms with Gasteiger partial charge >= 0.3 is 0 Å². The van der Waals surface area contributed by atoms with Crippen molar-refractivity contribution in [3.05, 3.63) is 70.3 Å². The van der Waals surface area contributed by atoms with Crippen LogP contribution in [-0.4, -0.2) is 46.5 Å². The van der Waals surface area contributed by atoms with Crippen molar-refractivity contribution in [2.45, 2.75) is 20.3 Å². The van der Waals surface area contributed by atoms with Crippen LogP contribution in [-0.2, 0) is 6.42 Å². The van der Waals surface area contributed by atoms with E-state index in [4.69, 9.17) is 11.6 Å². The van der Waals surface area contributed by atoms with Gasteiger partial charge in [-0.1, -0.05) is 17.7 Å². The fourth-order valence-corrected chi connectivity index (χ4v) is 4.05. The summed E-state index contributed by atoms with van der Waals surface area (Å²) in [6.45, 7) is 4.54. The smallest absolute Gasteiger partial charge is 0.255 e. The summed E-state index contributed by atoms with van der Waals surface area (Å²) in [5.74, 6) is 0.315. The Morgan fingerprint density at radius 2 is 1.91 bits per heavy atom. The number of anilines is 1. The minimum atomic E-state index is -0.220. The number of nitrogens with zero attached hydrogens (tertiary/aromatic N) is 4. The van der Waals surface area contributed by atoms with Crippen molar-refractivity contribution in [2.75, 3.05) is 25.5 Å². The Hall–Kier alpha value is -3.45. The first-order valence-electron chi connectivity index (χ1n) is 10.4. The first-order chi connectivity index (χ1) is 15.4. The van der Waals surface area contributed by atoms with Gasteiger partial charge in [0, 0.05) is 55.9 Å². The number of benzene rings is 1. The molecule has 0 saturated heterocycles. The Bertz CT molecular complexity index is 1280. The molecule has 0 aliphatic carbocycles. The summed E-state index contributed by atoms with van der Waals surface area (Å²) in [7, 11) is 3.73. The lowest BCUT2D eigenvalue weighted by Gasteiger charge is -2.14. The van der Waals surface area contributed by atoms with Gasteiger partial charge in [-0.3, -0.25) is 9.78 Å². The molecule has 164 valence electrons. The SMILES string of the molecule is Cc1[nH]c2c(C)ccc(Cl)c2c1CCNC(=O)c1cnc(N(C)C)nc1-c1ccncc1. The van der Waals surface area contributed by atoms with Gasteiger partial charge in [-0.2, -0.15) is 0 Å².